The number of nitrogens with one attached hydrogen (secondary N) is 1. The summed E-state index contributed by atoms with van der Waals surface area (Å²) in [6.45, 7) is 0. The van der Waals surface area contributed by atoms with E-state index >= 15 is 0 Å². The minimum Gasteiger partial charge on any atom is -0.456 e. The number of hydrogen-bond acceptors (Lipinski definition) is 4. The summed E-state index contributed by atoms with van der Waals surface area (Å²) in [4.78, 5) is 10.4. The molecule has 7 aromatic carbocycles. The Labute approximate surface area is 290 Å². The Morgan fingerprint density at radius 2 is 1.28 bits per heavy atom. The summed E-state index contributed by atoms with van der Waals surface area (Å²) in [7, 11) is 0. The van der Waals surface area contributed by atoms with Gasteiger partial charge >= 0.3 is 0 Å². The van der Waals surface area contributed by atoms with Gasteiger partial charge in [0.25, 0.3) is 0 Å². The number of hydrogen-bond donors (Lipinski definition) is 1. The van der Waals surface area contributed by atoms with E-state index < -0.39 is 6.17 Å². The lowest BCUT2D eigenvalue weighted by Gasteiger charge is -2.23. The van der Waals surface area contributed by atoms with Crippen LogP contribution in [0.2, 0.25) is 0 Å². The summed E-state index contributed by atoms with van der Waals surface area (Å²) in [5.74, 6) is 1.78. The lowest BCUT2D eigenvalue weighted by molar-refractivity contribution is 0.647. The second-order valence-electron chi connectivity index (χ2n) is 13.3. The van der Waals surface area contributed by atoms with E-state index in [4.69, 9.17) is 14.4 Å². The minimum atomic E-state index is -0.404. The molecule has 1 aliphatic heterocycles. The zero-order chi connectivity index (χ0) is 33.0. The number of furan rings is 1. The number of fused-ring (bicyclic) bond motifs is 7. The fourth-order valence-corrected chi connectivity index (χ4v) is 8.01. The molecule has 2 atom stereocenters. The second kappa shape index (κ2) is 11.7. The third kappa shape index (κ3) is 4.75. The molecule has 0 saturated carbocycles. The first-order chi connectivity index (χ1) is 24.8. The van der Waals surface area contributed by atoms with Crippen LogP contribution in [-0.4, -0.2) is 11.7 Å². The smallest absolute Gasteiger partial charge is 0.169 e. The Morgan fingerprint density at radius 1 is 0.560 bits per heavy atom. The van der Waals surface area contributed by atoms with Gasteiger partial charge in [-0.1, -0.05) is 146 Å². The van der Waals surface area contributed by atoms with Crippen molar-refractivity contribution in [3.8, 4) is 11.1 Å². The van der Waals surface area contributed by atoms with Crippen LogP contribution in [-0.2, 0) is 6.42 Å². The summed E-state index contributed by atoms with van der Waals surface area (Å²) in [6, 6.07) is 56.0. The van der Waals surface area contributed by atoms with Gasteiger partial charge in [0, 0.05) is 33.4 Å². The van der Waals surface area contributed by atoms with Crippen molar-refractivity contribution in [3.63, 3.8) is 0 Å². The molecule has 10 rings (SSSR count). The molecule has 2 aliphatic rings. The van der Waals surface area contributed by atoms with Crippen molar-refractivity contribution in [2.75, 3.05) is 0 Å². The molecule has 238 valence electrons. The third-order valence-corrected chi connectivity index (χ3v) is 10.4. The zero-order valence-corrected chi connectivity index (χ0v) is 27.4. The Kier molecular flexibility index (Phi) is 6.73. The predicted octanol–water partition coefficient (Wildman–Crippen LogP) is 11.0. The molecule has 2 unspecified atom stereocenters. The molecule has 8 aromatic rings. The summed E-state index contributed by atoms with van der Waals surface area (Å²) in [5, 5.41) is 8.18. The van der Waals surface area contributed by atoms with E-state index in [0.29, 0.717) is 0 Å². The lowest BCUT2D eigenvalue weighted by Crippen LogP contribution is -2.36. The van der Waals surface area contributed by atoms with Crippen molar-refractivity contribution in [1.82, 2.24) is 5.32 Å². The van der Waals surface area contributed by atoms with Crippen molar-refractivity contribution >= 4 is 44.4 Å². The number of benzene rings is 7. The van der Waals surface area contributed by atoms with Crippen LogP contribution in [0.4, 0.5) is 0 Å². The highest BCUT2D eigenvalue weighted by Gasteiger charge is 2.28. The van der Waals surface area contributed by atoms with Crippen LogP contribution in [0, 0.1) is 0 Å². The van der Waals surface area contributed by atoms with E-state index in [-0.39, 0.29) is 5.92 Å². The van der Waals surface area contributed by atoms with Crippen LogP contribution in [0.15, 0.2) is 172 Å². The lowest BCUT2D eigenvalue weighted by atomic mass is 9.85. The number of aliphatic imine (C=N–C) groups is 2. The van der Waals surface area contributed by atoms with Crippen LogP contribution in [0.3, 0.4) is 0 Å². The maximum absolute atomic E-state index is 6.86. The fourth-order valence-electron chi connectivity index (χ4n) is 8.01. The van der Waals surface area contributed by atoms with Gasteiger partial charge in [-0.25, -0.2) is 9.98 Å². The monoisotopic (exact) mass is 643 g/mol. The Morgan fingerprint density at radius 3 is 2.20 bits per heavy atom. The molecule has 4 heteroatoms. The molecule has 2 heterocycles. The summed E-state index contributed by atoms with van der Waals surface area (Å²) < 4.78 is 6.86. The van der Waals surface area contributed by atoms with Gasteiger partial charge in [0.1, 0.15) is 22.8 Å². The highest BCUT2D eigenvalue weighted by Crippen LogP contribution is 2.45. The first-order valence-electron chi connectivity index (χ1n) is 17.4. The van der Waals surface area contributed by atoms with Gasteiger partial charge in [0.05, 0.1) is 0 Å². The average molecular weight is 644 g/mol. The SMILES string of the molecule is c1ccc(C2=NC(c3ccc4ccccc4c3)N=C(c3cccc4oc5c(C6CCc7ccccc7-c7ccccc76)cccc5c34)N2)cc1. The van der Waals surface area contributed by atoms with E-state index in [1.165, 1.54) is 38.6 Å². The number of amidine groups is 2. The molecule has 4 nitrogen and oxygen atoms in total. The molecule has 0 spiro atoms. The first kappa shape index (κ1) is 28.7. The van der Waals surface area contributed by atoms with Gasteiger partial charge in [-0.05, 0) is 63.6 Å². The van der Waals surface area contributed by atoms with Crippen LogP contribution in [0.1, 0.15) is 51.9 Å². The topological polar surface area (TPSA) is 49.9 Å². The largest absolute Gasteiger partial charge is 0.456 e. The van der Waals surface area contributed by atoms with Crippen molar-refractivity contribution in [3.05, 3.63) is 191 Å². The molecule has 0 fully saturated rings. The van der Waals surface area contributed by atoms with Crippen molar-refractivity contribution in [2.24, 2.45) is 9.98 Å². The quantitative estimate of drug-likeness (QED) is 0.207. The summed E-state index contributed by atoms with van der Waals surface area (Å²) >= 11 is 0. The molecular formula is C46H33N3O. The van der Waals surface area contributed by atoms with Gasteiger partial charge in [-0.2, -0.15) is 0 Å². The molecule has 1 aromatic heterocycles. The molecular weight excluding hydrogens is 611 g/mol. The third-order valence-electron chi connectivity index (χ3n) is 10.4. The number of para-hydroxylation sites is 1. The van der Waals surface area contributed by atoms with Crippen molar-refractivity contribution in [1.29, 1.82) is 0 Å². The van der Waals surface area contributed by atoms with Gasteiger partial charge in [-0.15, -0.1) is 0 Å². The first-order valence-corrected chi connectivity index (χ1v) is 17.4. The van der Waals surface area contributed by atoms with Crippen molar-refractivity contribution < 1.29 is 4.42 Å². The maximum Gasteiger partial charge on any atom is 0.169 e. The van der Waals surface area contributed by atoms with Crippen LogP contribution >= 0.6 is 0 Å². The highest BCUT2D eigenvalue weighted by molar-refractivity contribution is 6.23. The zero-order valence-electron chi connectivity index (χ0n) is 27.4. The molecule has 0 amide bonds. The molecule has 0 bridgehead atoms. The summed E-state index contributed by atoms with van der Waals surface area (Å²) in [6.07, 6.45) is 1.62. The molecule has 1 aliphatic carbocycles. The minimum absolute atomic E-state index is 0.200. The Balaban J connectivity index is 1.13. The molecule has 1 N–H and O–H groups in total. The normalized spacial score (nSPS) is 17.0. The van der Waals surface area contributed by atoms with Gasteiger partial charge in [0.15, 0.2) is 6.17 Å². The number of aryl methyl sites for hydroxylation is 1. The Hall–Kier alpha value is -6.26. The van der Waals surface area contributed by atoms with E-state index in [1.807, 2.05) is 18.2 Å². The highest BCUT2D eigenvalue weighted by atomic mass is 16.3. The second-order valence-corrected chi connectivity index (χ2v) is 13.3. The molecule has 50 heavy (non-hydrogen) atoms. The van der Waals surface area contributed by atoms with Crippen molar-refractivity contribution in [2.45, 2.75) is 24.9 Å². The Bertz CT molecular complexity index is 2650. The van der Waals surface area contributed by atoms with E-state index in [9.17, 15) is 0 Å². The number of nitrogens with zero attached hydrogens (tertiary/aromatic N) is 2. The fraction of sp³-hybridized carbons (Fsp3) is 0.0870. The van der Waals surface area contributed by atoms with Crippen LogP contribution in [0.25, 0.3) is 43.8 Å². The molecule has 0 radical (unpaired) electrons. The van der Waals surface area contributed by atoms with Crippen LogP contribution in [0.5, 0.6) is 0 Å². The number of rotatable bonds is 4. The van der Waals surface area contributed by atoms with Gasteiger partial charge in [0.2, 0.25) is 0 Å². The maximum atomic E-state index is 6.86. The predicted molar refractivity (Wildman–Crippen MR) is 205 cm³/mol. The van der Waals surface area contributed by atoms with E-state index in [2.05, 4.69) is 145 Å². The van der Waals surface area contributed by atoms with E-state index in [0.717, 1.165) is 63.1 Å². The summed E-state index contributed by atoms with van der Waals surface area (Å²) in [5.41, 5.74) is 11.5. The van der Waals surface area contributed by atoms with Crippen LogP contribution < -0.4 is 5.32 Å². The van der Waals surface area contributed by atoms with Gasteiger partial charge in [-0.3, -0.25) is 0 Å². The molecule has 0 saturated heterocycles. The standard InChI is InChI=1S/C46H33N3O/c1-2-14-31(15-3-1)44-47-45(33-25-24-29-12-4-5-16-32(29)28-33)49-46(48-44)40-22-11-23-41-42(40)39-21-10-20-38(43(39)50-41)37-27-26-30-13-6-7-17-34(30)35-18-8-9-19-36(35)37/h1-25,28,37,45H,26-27H2,(H,47,48,49). The van der Waals surface area contributed by atoms with Gasteiger partial charge < -0.3 is 9.73 Å². The average Bonchev–Trinajstić information content (AvgIpc) is 3.49. The van der Waals surface area contributed by atoms with E-state index in [1.54, 1.807) is 0 Å².